The number of Topliss-reactive ketones (excluding diaryl/α,β-unsaturated/α-hetero) is 1. The summed E-state index contributed by atoms with van der Waals surface area (Å²) in [5.41, 5.74) is 2.67. The highest BCUT2D eigenvalue weighted by Gasteiger charge is 2.28. The number of amides is 1. The second-order valence-corrected chi connectivity index (χ2v) is 7.66. The van der Waals surface area contributed by atoms with Gasteiger partial charge >= 0.3 is 0 Å². The summed E-state index contributed by atoms with van der Waals surface area (Å²) in [7, 11) is 0. The Bertz CT molecular complexity index is 818. The summed E-state index contributed by atoms with van der Waals surface area (Å²) >= 11 is 12.6. The van der Waals surface area contributed by atoms with Crippen LogP contribution in [0.4, 0.5) is 0 Å². The molecule has 0 aliphatic carbocycles. The number of hydrogen-bond acceptors (Lipinski definition) is 2. The largest absolute Gasteiger partial charge is 0.354 e. The van der Waals surface area contributed by atoms with Gasteiger partial charge < -0.3 is 10.3 Å². The molecule has 0 saturated carbocycles. The predicted molar refractivity (Wildman–Crippen MR) is 102 cm³/mol. The maximum absolute atomic E-state index is 12.6. The van der Waals surface area contributed by atoms with Crippen LogP contribution < -0.4 is 5.32 Å². The summed E-state index contributed by atoms with van der Waals surface area (Å²) in [6, 6.07) is 5.35. The maximum atomic E-state index is 12.6. The monoisotopic (exact) mass is 380 g/mol. The van der Waals surface area contributed by atoms with Gasteiger partial charge in [0.2, 0.25) is 0 Å². The van der Waals surface area contributed by atoms with E-state index in [1.165, 1.54) is 6.92 Å². The van der Waals surface area contributed by atoms with E-state index in [1.807, 2.05) is 13.8 Å². The minimum absolute atomic E-state index is 0.0616. The first-order valence-electron chi connectivity index (χ1n) is 7.99. The molecule has 25 heavy (non-hydrogen) atoms. The van der Waals surface area contributed by atoms with E-state index in [4.69, 9.17) is 23.2 Å². The standard InChI is InChI=1S/C19H22Cl2N2O2/c1-10-15(12(3)24)11(2)23-17(10)18(25)22-9-19(4,5)16-13(20)7-6-8-14(16)21/h6-8,23H,9H2,1-5H3,(H,22,25). The second-order valence-electron chi connectivity index (χ2n) is 6.84. The summed E-state index contributed by atoms with van der Waals surface area (Å²) in [4.78, 5) is 27.3. The smallest absolute Gasteiger partial charge is 0.268 e. The van der Waals surface area contributed by atoms with Gasteiger partial charge in [0.25, 0.3) is 5.91 Å². The normalized spacial score (nSPS) is 11.5. The molecule has 1 heterocycles. The molecule has 0 unspecified atom stereocenters. The molecular weight excluding hydrogens is 359 g/mol. The highest BCUT2D eigenvalue weighted by molar-refractivity contribution is 6.36. The summed E-state index contributed by atoms with van der Waals surface area (Å²) in [5, 5.41) is 4.05. The Labute approximate surface area is 157 Å². The number of nitrogens with one attached hydrogen (secondary N) is 2. The summed E-state index contributed by atoms with van der Waals surface area (Å²) < 4.78 is 0. The summed E-state index contributed by atoms with van der Waals surface area (Å²) in [6.45, 7) is 9.33. The zero-order valence-corrected chi connectivity index (χ0v) is 16.5. The van der Waals surface area contributed by atoms with Gasteiger partial charge in [0.15, 0.2) is 5.78 Å². The van der Waals surface area contributed by atoms with Crippen LogP contribution in [0.25, 0.3) is 0 Å². The lowest BCUT2D eigenvalue weighted by Crippen LogP contribution is -2.37. The minimum atomic E-state index is -0.454. The zero-order chi connectivity index (χ0) is 18.9. The Morgan fingerprint density at radius 3 is 2.20 bits per heavy atom. The number of ketones is 1. The van der Waals surface area contributed by atoms with E-state index in [9.17, 15) is 9.59 Å². The number of halogens is 2. The van der Waals surface area contributed by atoms with Crippen molar-refractivity contribution in [3.05, 3.63) is 56.3 Å². The third kappa shape index (κ3) is 3.91. The molecule has 0 saturated heterocycles. The molecular formula is C19H22Cl2N2O2. The molecule has 0 radical (unpaired) electrons. The van der Waals surface area contributed by atoms with Crippen molar-refractivity contribution in [3.63, 3.8) is 0 Å². The first-order valence-corrected chi connectivity index (χ1v) is 8.74. The van der Waals surface area contributed by atoms with Gasteiger partial charge in [-0.2, -0.15) is 0 Å². The molecule has 1 amide bonds. The molecule has 0 aliphatic heterocycles. The molecule has 0 fully saturated rings. The van der Waals surface area contributed by atoms with Crippen LogP contribution in [-0.2, 0) is 5.41 Å². The average molecular weight is 381 g/mol. The fourth-order valence-corrected chi connectivity index (χ4v) is 4.04. The van der Waals surface area contributed by atoms with Crippen LogP contribution in [0.5, 0.6) is 0 Å². The minimum Gasteiger partial charge on any atom is -0.354 e. The highest BCUT2D eigenvalue weighted by Crippen LogP contribution is 2.35. The molecule has 0 spiro atoms. The van der Waals surface area contributed by atoms with Gasteiger partial charge in [-0.05, 0) is 44.0 Å². The number of benzene rings is 1. The second kappa shape index (κ2) is 7.22. The van der Waals surface area contributed by atoms with Crippen molar-refractivity contribution in [2.24, 2.45) is 0 Å². The van der Waals surface area contributed by atoms with Gasteiger partial charge in [0, 0.05) is 33.3 Å². The van der Waals surface area contributed by atoms with Crippen LogP contribution in [0.1, 0.15) is 58.4 Å². The molecule has 2 N–H and O–H groups in total. The highest BCUT2D eigenvalue weighted by atomic mass is 35.5. The number of aromatic amines is 1. The first kappa shape index (κ1) is 19.5. The van der Waals surface area contributed by atoms with E-state index >= 15 is 0 Å². The molecule has 2 rings (SSSR count). The number of carbonyl (C=O) groups excluding carboxylic acids is 2. The van der Waals surface area contributed by atoms with E-state index in [2.05, 4.69) is 10.3 Å². The lowest BCUT2D eigenvalue weighted by atomic mass is 9.84. The van der Waals surface area contributed by atoms with E-state index < -0.39 is 5.41 Å². The van der Waals surface area contributed by atoms with Gasteiger partial charge in [-0.3, -0.25) is 9.59 Å². The number of rotatable bonds is 5. The third-order valence-corrected chi connectivity index (χ3v) is 4.98. The SMILES string of the molecule is CC(=O)c1c(C)[nH]c(C(=O)NCC(C)(C)c2c(Cl)cccc2Cl)c1C. The summed E-state index contributed by atoms with van der Waals surface area (Å²) in [5.74, 6) is -0.321. The Balaban J connectivity index is 2.22. The molecule has 4 nitrogen and oxygen atoms in total. The van der Waals surface area contributed by atoms with E-state index in [0.29, 0.717) is 39.1 Å². The lowest BCUT2D eigenvalue weighted by Gasteiger charge is -2.27. The van der Waals surface area contributed by atoms with Crippen molar-refractivity contribution in [1.82, 2.24) is 10.3 Å². The maximum Gasteiger partial charge on any atom is 0.268 e. The number of aromatic nitrogens is 1. The van der Waals surface area contributed by atoms with Crippen molar-refractivity contribution in [2.45, 2.75) is 40.0 Å². The predicted octanol–water partition coefficient (Wildman–Crippen LogP) is 4.85. The van der Waals surface area contributed by atoms with Gasteiger partial charge in [0.05, 0.1) is 0 Å². The summed E-state index contributed by atoms with van der Waals surface area (Å²) in [6.07, 6.45) is 0. The van der Waals surface area contributed by atoms with Crippen LogP contribution in [0.15, 0.2) is 18.2 Å². The fourth-order valence-electron chi connectivity index (χ4n) is 3.13. The quantitative estimate of drug-likeness (QED) is 0.728. The van der Waals surface area contributed by atoms with E-state index in [0.717, 1.165) is 5.56 Å². The van der Waals surface area contributed by atoms with E-state index in [1.54, 1.807) is 32.0 Å². The molecule has 0 atom stereocenters. The van der Waals surface area contributed by atoms with Crippen molar-refractivity contribution >= 4 is 34.9 Å². The van der Waals surface area contributed by atoms with Crippen LogP contribution in [0.2, 0.25) is 10.0 Å². The van der Waals surface area contributed by atoms with E-state index in [-0.39, 0.29) is 11.7 Å². The molecule has 6 heteroatoms. The molecule has 2 aromatic rings. The Kier molecular flexibility index (Phi) is 5.65. The number of carbonyl (C=O) groups is 2. The van der Waals surface area contributed by atoms with Gasteiger partial charge in [-0.25, -0.2) is 0 Å². The van der Waals surface area contributed by atoms with Crippen LogP contribution in [0.3, 0.4) is 0 Å². The lowest BCUT2D eigenvalue weighted by molar-refractivity contribution is 0.0940. The van der Waals surface area contributed by atoms with Crippen LogP contribution in [-0.4, -0.2) is 23.2 Å². The van der Waals surface area contributed by atoms with Crippen LogP contribution in [0, 0.1) is 13.8 Å². The van der Waals surface area contributed by atoms with Gasteiger partial charge in [-0.1, -0.05) is 43.1 Å². The topological polar surface area (TPSA) is 62.0 Å². The van der Waals surface area contributed by atoms with Crippen molar-refractivity contribution in [3.8, 4) is 0 Å². The van der Waals surface area contributed by atoms with Crippen molar-refractivity contribution in [2.75, 3.05) is 6.54 Å². The molecule has 1 aromatic carbocycles. The van der Waals surface area contributed by atoms with Crippen LogP contribution >= 0.6 is 23.2 Å². The molecule has 0 aliphatic rings. The van der Waals surface area contributed by atoms with Crippen molar-refractivity contribution < 1.29 is 9.59 Å². The van der Waals surface area contributed by atoms with Crippen molar-refractivity contribution in [1.29, 1.82) is 0 Å². The first-order chi connectivity index (χ1) is 11.6. The Morgan fingerprint density at radius 1 is 1.16 bits per heavy atom. The molecule has 1 aromatic heterocycles. The number of aryl methyl sites for hydroxylation is 1. The molecule has 134 valence electrons. The molecule has 0 bridgehead atoms. The van der Waals surface area contributed by atoms with Gasteiger partial charge in [0.1, 0.15) is 5.69 Å². The third-order valence-electron chi connectivity index (χ3n) is 4.35. The fraction of sp³-hybridized carbons (Fsp3) is 0.368. The number of H-pyrrole nitrogens is 1. The van der Waals surface area contributed by atoms with Gasteiger partial charge in [-0.15, -0.1) is 0 Å². The zero-order valence-electron chi connectivity index (χ0n) is 15.0. The Hall–Kier alpha value is -1.78. The average Bonchev–Trinajstić information content (AvgIpc) is 2.79. The number of hydrogen-bond donors (Lipinski definition) is 2. The Morgan fingerprint density at radius 2 is 1.72 bits per heavy atom.